The summed E-state index contributed by atoms with van der Waals surface area (Å²) in [6.07, 6.45) is 8.54. The Labute approximate surface area is 295 Å². The fourth-order valence-corrected chi connectivity index (χ4v) is 7.13. The standard InChI is InChI=1S/C38H52N6O6/c1-41(2)30-21-33(43(23-30)38(47)35-8-6-20-49-35)36(45)39-28-15-11-26(12-16-28)9-10-27-13-17-29(18-14-27)40-37(46)34-22-31(42(3)4)24-44(34)50-25-32-7-5-19-48-32/h9-18,30-35H,5-8,19-25H2,1-4H3,(H,39,45)(H,40,46)/b10-9+/t30-,31-,32+,33-,34-,35+/m0/s1. The van der Waals surface area contributed by atoms with Gasteiger partial charge in [0.2, 0.25) is 11.8 Å². The van der Waals surface area contributed by atoms with E-state index < -0.39 is 12.1 Å². The first-order valence-electron chi connectivity index (χ1n) is 17.9. The molecule has 4 heterocycles. The van der Waals surface area contributed by atoms with E-state index in [0.29, 0.717) is 51.3 Å². The first-order chi connectivity index (χ1) is 24.1. The second-order valence-electron chi connectivity index (χ2n) is 14.3. The van der Waals surface area contributed by atoms with Crippen LogP contribution in [0.15, 0.2) is 48.5 Å². The van der Waals surface area contributed by atoms with Gasteiger partial charge in [0, 0.05) is 49.8 Å². The van der Waals surface area contributed by atoms with Gasteiger partial charge in [-0.25, -0.2) is 0 Å². The molecule has 50 heavy (non-hydrogen) atoms. The molecule has 0 aromatic heterocycles. The van der Waals surface area contributed by atoms with E-state index in [0.717, 1.165) is 42.7 Å². The summed E-state index contributed by atoms with van der Waals surface area (Å²) in [5.74, 6) is -0.345. The molecule has 2 aromatic carbocycles. The van der Waals surface area contributed by atoms with Crippen LogP contribution >= 0.6 is 0 Å². The van der Waals surface area contributed by atoms with Gasteiger partial charge in [-0.05, 0) is 102 Å². The van der Waals surface area contributed by atoms with Crippen molar-refractivity contribution in [2.75, 3.05) is 71.7 Å². The maximum absolute atomic E-state index is 13.4. The quantitative estimate of drug-likeness (QED) is 0.323. The molecule has 6 rings (SSSR count). The second kappa shape index (κ2) is 16.6. The number of likely N-dealkylation sites (N-methyl/N-ethyl adjacent to an activating group) is 2. The summed E-state index contributed by atoms with van der Waals surface area (Å²) < 4.78 is 11.3. The van der Waals surface area contributed by atoms with Gasteiger partial charge in [-0.2, -0.15) is 5.06 Å². The molecule has 0 saturated carbocycles. The first kappa shape index (κ1) is 36.2. The molecule has 12 nitrogen and oxygen atoms in total. The monoisotopic (exact) mass is 688 g/mol. The summed E-state index contributed by atoms with van der Waals surface area (Å²) in [7, 11) is 8.02. The Morgan fingerprint density at radius 1 is 0.760 bits per heavy atom. The van der Waals surface area contributed by atoms with Crippen LogP contribution in [0.2, 0.25) is 0 Å². The molecular weight excluding hydrogens is 636 g/mol. The van der Waals surface area contributed by atoms with Crippen molar-refractivity contribution in [2.45, 2.75) is 74.9 Å². The Balaban J connectivity index is 1.01. The second-order valence-corrected chi connectivity index (χ2v) is 14.3. The highest BCUT2D eigenvalue weighted by Crippen LogP contribution is 2.27. The van der Waals surface area contributed by atoms with Crippen LogP contribution in [0.5, 0.6) is 0 Å². The Kier molecular flexibility index (Phi) is 12.0. The molecule has 6 atom stereocenters. The summed E-state index contributed by atoms with van der Waals surface area (Å²) >= 11 is 0. The van der Waals surface area contributed by atoms with Crippen molar-refractivity contribution >= 4 is 41.2 Å². The Morgan fingerprint density at radius 2 is 1.30 bits per heavy atom. The molecule has 3 amide bonds. The molecule has 0 radical (unpaired) electrons. The first-order valence-corrected chi connectivity index (χ1v) is 17.9. The third-order valence-electron chi connectivity index (χ3n) is 10.3. The minimum absolute atomic E-state index is 0.0789. The van der Waals surface area contributed by atoms with Crippen LogP contribution in [0.1, 0.15) is 49.7 Å². The van der Waals surface area contributed by atoms with Crippen LogP contribution < -0.4 is 10.6 Å². The molecule has 0 unspecified atom stereocenters. The number of likely N-dealkylation sites (tertiary alicyclic amines) is 1. The lowest BCUT2D eigenvalue weighted by Crippen LogP contribution is -2.47. The molecule has 0 aliphatic carbocycles. The molecule has 4 saturated heterocycles. The average molecular weight is 689 g/mol. The van der Waals surface area contributed by atoms with Gasteiger partial charge in [0.15, 0.2) is 0 Å². The molecule has 12 heteroatoms. The molecule has 4 aliphatic heterocycles. The zero-order chi connectivity index (χ0) is 35.2. The Bertz CT molecular complexity index is 1490. The zero-order valence-corrected chi connectivity index (χ0v) is 29.8. The molecular formula is C38H52N6O6. The molecule has 270 valence electrons. The topological polar surface area (TPSA) is 116 Å². The van der Waals surface area contributed by atoms with E-state index >= 15 is 0 Å². The minimum Gasteiger partial charge on any atom is -0.376 e. The van der Waals surface area contributed by atoms with Crippen LogP contribution in [-0.4, -0.2) is 135 Å². The fraction of sp³-hybridized carbons (Fsp3) is 0.553. The highest BCUT2D eigenvalue weighted by atomic mass is 16.7. The number of nitrogens with zero attached hydrogens (tertiary/aromatic N) is 4. The van der Waals surface area contributed by atoms with Crippen LogP contribution in [0, 0.1) is 0 Å². The average Bonchev–Trinajstić information content (AvgIpc) is 3.94. The van der Waals surface area contributed by atoms with Crippen molar-refractivity contribution in [1.29, 1.82) is 0 Å². The van der Waals surface area contributed by atoms with Crippen LogP contribution in [0.3, 0.4) is 0 Å². The number of benzene rings is 2. The van der Waals surface area contributed by atoms with Gasteiger partial charge in [-0.15, -0.1) is 0 Å². The third-order valence-corrected chi connectivity index (χ3v) is 10.3. The number of amides is 3. The number of ether oxygens (including phenoxy) is 2. The van der Waals surface area contributed by atoms with Gasteiger partial charge in [0.1, 0.15) is 18.2 Å². The van der Waals surface area contributed by atoms with E-state index in [4.69, 9.17) is 14.3 Å². The van der Waals surface area contributed by atoms with Gasteiger partial charge in [0.25, 0.3) is 5.91 Å². The minimum atomic E-state index is -0.538. The summed E-state index contributed by atoms with van der Waals surface area (Å²) in [6.45, 7) is 3.02. The van der Waals surface area contributed by atoms with Crippen molar-refractivity contribution < 1.29 is 28.7 Å². The predicted octanol–water partition coefficient (Wildman–Crippen LogP) is 3.56. The van der Waals surface area contributed by atoms with Crippen molar-refractivity contribution in [3.8, 4) is 0 Å². The molecule has 2 N–H and O–H groups in total. The van der Waals surface area contributed by atoms with Crippen LogP contribution in [0.4, 0.5) is 11.4 Å². The van der Waals surface area contributed by atoms with E-state index in [2.05, 4.69) is 20.4 Å². The van der Waals surface area contributed by atoms with E-state index in [1.807, 2.05) is 93.9 Å². The predicted molar refractivity (Wildman–Crippen MR) is 193 cm³/mol. The number of hydroxylamine groups is 2. The van der Waals surface area contributed by atoms with E-state index in [-0.39, 0.29) is 42.0 Å². The number of carbonyl (C=O) groups is 3. The highest BCUT2D eigenvalue weighted by molar-refractivity contribution is 5.98. The number of anilines is 2. The molecule has 4 aliphatic rings. The Morgan fingerprint density at radius 3 is 1.84 bits per heavy atom. The molecule has 0 bridgehead atoms. The van der Waals surface area contributed by atoms with Crippen LogP contribution in [-0.2, 0) is 28.7 Å². The third kappa shape index (κ3) is 8.98. The van der Waals surface area contributed by atoms with Crippen molar-refractivity contribution in [2.24, 2.45) is 0 Å². The zero-order valence-electron chi connectivity index (χ0n) is 29.8. The SMILES string of the molecule is CN(C)[C@H]1C[C@@H](C(=O)Nc2ccc(/C=C/c3ccc(NC(=O)[C@@H]4C[C@H](N(C)C)CN4C(=O)[C@H]4CCCO4)cc3)cc2)N(OC[C@H]2CCCO2)C1. The lowest BCUT2D eigenvalue weighted by molar-refractivity contribution is -0.190. The van der Waals surface area contributed by atoms with Gasteiger partial charge < -0.3 is 34.8 Å². The molecule has 2 aromatic rings. The van der Waals surface area contributed by atoms with E-state index in [1.165, 1.54) is 0 Å². The fourth-order valence-electron chi connectivity index (χ4n) is 7.13. The lowest BCUT2D eigenvalue weighted by Gasteiger charge is -2.26. The van der Waals surface area contributed by atoms with E-state index in [9.17, 15) is 14.4 Å². The molecule has 4 fully saturated rings. The summed E-state index contributed by atoms with van der Waals surface area (Å²) in [4.78, 5) is 52.0. The maximum atomic E-state index is 13.4. The van der Waals surface area contributed by atoms with Gasteiger partial charge >= 0.3 is 0 Å². The van der Waals surface area contributed by atoms with Crippen molar-refractivity contribution in [3.05, 3.63) is 59.7 Å². The van der Waals surface area contributed by atoms with Crippen LogP contribution in [0.25, 0.3) is 12.2 Å². The maximum Gasteiger partial charge on any atom is 0.252 e. The molecule has 0 spiro atoms. The largest absolute Gasteiger partial charge is 0.376 e. The van der Waals surface area contributed by atoms with Crippen molar-refractivity contribution in [3.63, 3.8) is 0 Å². The van der Waals surface area contributed by atoms with Crippen molar-refractivity contribution in [1.82, 2.24) is 19.8 Å². The number of nitrogens with one attached hydrogen (secondary N) is 2. The van der Waals surface area contributed by atoms with E-state index in [1.54, 1.807) is 4.90 Å². The summed E-state index contributed by atoms with van der Waals surface area (Å²) in [5.41, 5.74) is 3.38. The van der Waals surface area contributed by atoms with Gasteiger partial charge in [-0.1, -0.05) is 36.4 Å². The smallest absolute Gasteiger partial charge is 0.252 e. The highest BCUT2D eigenvalue weighted by Gasteiger charge is 2.43. The number of hydrogen-bond donors (Lipinski definition) is 2. The van der Waals surface area contributed by atoms with Gasteiger partial charge in [0.05, 0.1) is 12.7 Å². The normalized spacial score (nSPS) is 27.2. The summed E-state index contributed by atoms with van der Waals surface area (Å²) in [5, 5.41) is 7.92. The number of carbonyl (C=O) groups excluding carboxylic acids is 3. The number of rotatable bonds is 12. The number of hydrogen-bond acceptors (Lipinski definition) is 9. The van der Waals surface area contributed by atoms with Gasteiger partial charge in [-0.3, -0.25) is 19.2 Å². The Hall–Kier alpha value is -3.65. The summed E-state index contributed by atoms with van der Waals surface area (Å²) in [6, 6.07) is 14.8. The lowest BCUT2D eigenvalue weighted by atomic mass is 10.1.